The number of aryl methyl sites for hydroxylation is 1. The number of anilines is 1. The number of rotatable bonds is 6. The maximum Gasteiger partial charge on any atom is 0.416 e. The van der Waals surface area contributed by atoms with E-state index in [1.165, 1.54) is 53.5 Å². The molecule has 3 heterocycles. The lowest BCUT2D eigenvalue weighted by Gasteiger charge is -2.49. The van der Waals surface area contributed by atoms with Gasteiger partial charge in [-0.25, -0.2) is 13.2 Å². The topological polar surface area (TPSA) is 57.5 Å². The largest absolute Gasteiger partial charge is 0.416 e. The molecule has 3 aromatic rings. The third-order valence-corrected chi connectivity index (χ3v) is 9.28. The number of nitrogens with zero attached hydrogens (tertiary/aromatic N) is 6. The third kappa shape index (κ3) is 6.27. The first-order valence-corrected chi connectivity index (χ1v) is 15.6. The molecule has 46 heavy (non-hydrogen) atoms. The van der Waals surface area contributed by atoms with E-state index in [0.29, 0.717) is 18.7 Å². The third-order valence-electron chi connectivity index (χ3n) is 9.28. The van der Waals surface area contributed by atoms with Crippen molar-refractivity contribution < 1.29 is 31.1 Å². The van der Waals surface area contributed by atoms with E-state index in [0.717, 1.165) is 19.2 Å². The molecule has 7 nitrogen and oxygen atoms in total. The highest BCUT2D eigenvalue weighted by atomic mass is 19.4. The number of halogens is 6. The average molecular weight is 651 g/mol. The van der Waals surface area contributed by atoms with Crippen LogP contribution < -0.4 is 4.90 Å². The standard InChI is InChI=1S/C30H32F6N6O.C3H8/c1-18(41-9-7-39(2)8-10-41)19-11-22-23(24(12-19)30(34,35)36)14-42(27(22)43)21-6-4-5-20(13-21)28(15-29(32,33)16-28)25(31)26-38-37-17-40(26)3;1-3-2/h4-6,11-13,17-18,25H,7-10,14-16H2,1-3H3;3H2,1-2H3. The number of aromatic nitrogens is 3. The zero-order valence-corrected chi connectivity index (χ0v) is 26.7. The van der Waals surface area contributed by atoms with Gasteiger partial charge in [-0.3, -0.25) is 9.69 Å². The van der Waals surface area contributed by atoms with E-state index in [2.05, 4.69) is 33.8 Å². The number of hydrogen-bond acceptors (Lipinski definition) is 5. The predicted octanol–water partition coefficient (Wildman–Crippen LogP) is 7.10. The van der Waals surface area contributed by atoms with E-state index in [-0.39, 0.29) is 40.8 Å². The number of carbonyl (C=O) groups excluding carboxylic acids is 1. The van der Waals surface area contributed by atoms with Crippen LogP contribution in [0, 0.1) is 0 Å². The fourth-order valence-electron chi connectivity index (χ4n) is 6.71. The summed E-state index contributed by atoms with van der Waals surface area (Å²) < 4.78 is 89.0. The van der Waals surface area contributed by atoms with Crippen LogP contribution in [0.5, 0.6) is 0 Å². The van der Waals surface area contributed by atoms with Gasteiger partial charge in [0, 0.05) is 68.8 Å². The van der Waals surface area contributed by atoms with Crippen molar-refractivity contribution in [3.05, 3.63) is 76.4 Å². The van der Waals surface area contributed by atoms with Gasteiger partial charge < -0.3 is 14.4 Å². The number of fused-ring (bicyclic) bond motifs is 1. The van der Waals surface area contributed by atoms with Crippen LogP contribution in [0.1, 0.15) is 90.7 Å². The Balaban J connectivity index is 0.00000134. The van der Waals surface area contributed by atoms with Crippen molar-refractivity contribution in [1.29, 1.82) is 0 Å². The van der Waals surface area contributed by atoms with Gasteiger partial charge in [-0.1, -0.05) is 32.4 Å². The maximum absolute atomic E-state index is 16.0. The number of piperazine rings is 1. The summed E-state index contributed by atoms with van der Waals surface area (Å²) in [6.07, 6.45) is -5.65. The molecule has 3 aliphatic rings. The predicted molar refractivity (Wildman–Crippen MR) is 163 cm³/mol. The molecule has 1 saturated carbocycles. The Hall–Kier alpha value is -3.45. The van der Waals surface area contributed by atoms with Crippen LogP contribution in [0.25, 0.3) is 0 Å². The Morgan fingerprint density at radius 2 is 1.65 bits per heavy atom. The molecule has 0 bridgehead atoms. The number of benzene rings is 2. The molecule has 2 atom stereocenters. The summed E-state index contributed by atoms with van der Waals surface area (Å²) in [4.78, 5) is 19.2. The van der Waals surface area contributed by atoms with Gasteiger partial charge >= 0.3 is 6.18 Å². The van der Waals surface area contributed by atoms with Crippen LogP contribution in [-0.2, 0) is 25.2 Å². The van der Waals surface area contributed by atoms with Crippen LogP contribution >= 0.6 is 0 Å². The highest BCUT2D eigenvalue weighted by molar-refractivity contribution is 6.10. The molecule has 1 amide bonds. The van der Waals surface area contributed by atoms with Crippen molar-refractivity contribution in [2.75, 3.05) is 38.1 Å². The average Bonchev–Trinajstić information content (AvgIpc) is 3.57. The van der Waals surface area contributed by atoms with Crippen LogP contribution in [0.2, 0.25) is 0 Å². The second kappa shape index (κ2) is 12.6. The molecule has 2 fully saturated rings. The minimum atomic E-state index is -4.70. The van der Waals surface area contributed by atoms with Crippen molar-refractivity contribution in [3.63, 3.8) is 0 Å². The van der Waals surface area contributed by atoms with Crippen molar-refractivity contribution in [2.45, 2.75) is 76.3 Å². The first-order chi connectivity index (χ1) is 21.6. The Bertz CT molecular complexity index is 1560. The molecule has 0 spiro atoms. The highest BCUT2D eigenvalue weighted by Crippen LogP contribution is 2.60. The first kappa shape index (κ1) is 33.9. The van der Waals surface area contributed by atoms with Crippen LogP contribution in [0.15, 0.2) is 42.7 Å². The molecular formula is C33H40F6N6O. The number of hydrogen-bond donors (Lipinski definition) is 0. The lowest BCUT2D eigenvalue weighted by Crippen LogP contribution is -2.52. The highest BCUT2D eigenvalue weighted by Gasteiger charge is 2.63. The maximum atomic E-state index is 16.0. The first-order valence-electron chi connectivity index (χ1n) is 15.6. The summed E-state index contributed by atoms with van der Waals surface area (Å²) in [5, 5.41) is 7.46. The molecule has 1 aromatic heterocycles. The molecule has 2 unspecified atom stereocenters. The summed E-state index contributed by atoms with van der Waals surface area (Å²) in [5.41, 5.74) is -1.85. The minimum absolute atomic E-state index is 0.0384. The lowest BCUT2D eigenvalue weighted by molar-refractivity contribution is -0.151. The zero-order chi connectivity index (χ0) is 33.6. The normalized spacial score (nSPS) is 20.8. The second-order valence-electron chi connectivity index (χ2n) is 12.8. The number of alkyl halides is 6. The van der Waals surface area contributed by atoms with Gasteiger partial charge in [-0.2, -0.15) is 13.2 Å². The summed E-state index contributed by atoms with van der Waals surface area (Å²) in [5.74, 6) is -3.83. The Morgan fingerprint density at radius 1 is 1.00 bits per heavy atom. The molecule has 6 rings (SSSR count). The van der Waals surface area contributed by atoms with Crippen LogP contribution in [0.3, 0.4) is 0 Å². The van der Waals surface area contributed by atoms with Crippen molar-refractivity contribution in [2.24, 2.45) is 7.05 Å². The monoisotopic (exact) mass is 650 g/mol. The fraction of sp³-hybridized carbons (Fsp3) is 0.545. The molecule has 250 valence electrons. The van der Waals surface area contributed by atoms with Gasteiger partial charge in [-0.05, 0) is 54.9 Å². The number of carbonyl (C=O) groups is 1. The van der Waals surface area contributed by atoms with Gasteiger partial charge in [0.15, 0.2) is 12.0 Å². The van der Waals surface area contributed by atoms with Gasteiger partial charge in [0.05, 0.1) is 12.1 Å². The van der Waals surface area contributed by atoms with Gasteiger partial charge in [0.1, 0.15) is 6.33 Å². The quantitative estimate of drug-likeness (QED) is 0.267. The molecular weight excluding hydrogens is 610 g/mol. The molecule has 0 radical (unpaired) electrons. The van der Waals surface area contributed by atoms with E-state index < -0.39 is 48.0 Å². The summed E-state index contributed by atoms with van der Waals surface area (Å²) >= 11 is 0. The Labute approximate surface area is 265 Å². The van der Waals surface area contributed by atoms with E-state index in [9.17, 15) is 26.7 Å². The Kier molecular flexibility index (Phi) is 9.31. The second-order valence-corrected chi connectivity index (χ2v) is 12.8. The lowest BCUT2D eigenvalue weighted by atomic mass is 9.59. The summed E-state index contributed by atoms with van der Waals surface area (Å²) in [6.45, 7) is 8.69. The van der Waals surface area contributed by atoms with E-state index >= 15 is 4.39 Å². The van der Waals surface area contributed by atoms with E-state index in [4.69, 9.17) is 0 Å². The van der Waals surface area contributed by atoms with Gasteiger partial charge in [0.25, 0.3) is 5.91 Å². The SMILES string of the molecule is CC(c1cc2c(c(C(F)(F)F)c1)CN(c1cccc(C3(C(F)c4nncn4C)CC(F)(F)C3)c1)C2=O)N1CCN(C)CC1.CCC. The van der Waals surface area contributed by atoms with E-state index in [1.807, 2.05) is 14.0 Å². The smallest absolute Gasteiger partial charge is 0.318 e. The summed E-state index contributed by atoms with van der Waals surface area (Å²) in [7, 11) is 3.50. The van der Waals surface area contributed by atoms with E-state index in [1.54, 1.807) is 6.07 Å². The number of amides is 1. The summed E-state index contributed by atoms with van der Waals surface area (Å²) in [6, 6.07) is 8.30. The molecule has 2 aliphatic heterocycles. The Morgan fingerprint density at radius 3 is 2.22 bits per heavy atom. The minimum Gasteiger partial charge on any atom is -0.318 e. The van der Waals surface area contributed by atoms with Crippen molar-refractivity contribution in [1.82, 2.24) is 24.6 Å². The fourth-order valence-corrected chi connectivity index (χ4v) is 6.71. The zero-order valence-electron chi connectivity index (χ0n) is 26.7. The van der Waals surface area contributed by atoms with Crippen LogP contribution in [-0.4, -0.2) is 69.6 Å². The van der Waals surface area contributed by atoms with Crippen LogP contribution in [0.4, 0.5) is 32.0 Å². The van der Waals surface area contributed by atoms with Crippen molar-refractivity contribution in [3.8, 4) is 0 Å². The molecule has 13 heteroatoms. The number of likely N-dealkylation sites (N-methyl/N-ethyl adjacent to an activating group) is 1. The molecule has 1 aliphatic carbocycles. The van der Waals surface area contributed by atoms with Crippen molar-refractivity contribution >= 4 is 11.6 Å². The molecule has 0 N–H and O–H groups in total. The molecule has 1 saturated heterocycles. The van der Waals surface area contributed by atoms with Gasteiger partial charge in [-0.15, -0.1) is 10.2 Å². The van der Waals surface area contributed by atoms with Gasteiger partial charge in [0.2, 0.25) is 5.92 Å². The molecule has 2 aromatic carbocycles.